The topological polar surface area (TPSA) is 121 Å². The van der Waals surface area contributed by atoms with E-state index in [1.807, 2.05) is 6.92 Å². The summed E-state index contributed by atoms with van der Waals surface area (Å²) in [6.07, 6.45) is -4.43. The lowest BCUT2D eigenvalue weighted by Gasteiger charge is -2.12. The number of carbonyl (C=O) groups excluding carboxylic acids is 1. The molecule has 4 rings (SSSR count). The van der Waals surface area contributed by atoms with E-state index in [-0.39, 0.29) is 38.8 Å². The Hall–Kier alpha value is -4.62. The first kappa shape index (κ1) is 24.5. The smallest absolute Gasteiger partial charge is 0.493 e. The maximum Gasteiger partial charge on any atom is 0.493 e. The van der Waals surface area contributed by atoms with Gasteiger partial charge in [0.25, 0.3) is 0 Å². The molecule has 4 aromatic rings. The first-order valence-electron chi connectivity index (χ1n) is 10.1. The maximum absolute atomic E-state index is 14.5. The average molecular weight is 507 g/mol. The number of anilines is 4. The van der Waals surface area contributed by atoms with E-state index in [0.717, 1.165) is 17.8 Å². The van der Waals surface area contributed by atoms with Crippen LogP contribution >= 0.6 is 0 Å². The van der Waals surface area contributed by atoms with Crippen LogP contribution in [0.25, 0.3) is 11.1 Å². The average Bonchev–Trinajstić information content (AvgIpc) is 3.11. The van der Waals surface area contributed by atoms with Crippen molar-refractivity contribution in [2.24, 2.45) is 0 Å². The summed E-state index contributed by atoms with van der Waals surface area (Å²) in [4.78, 5) is 35.4. The second kappa shape index (κ2) is 9.20. The second-order valence-electron chi connectivity index (χ2n) is 7.50. The van der Waals surface area contributed by atoms with Crippen LogP contribution in [0.2, 0.25) is 0 Å². The number of hydrogen-bond donors (Lipinski definition) is 2. The Labute approximate surface area is 199 Å². The number of carbonyl (C=O) groups is 1. The molecular formula is C22H17F4N5O5. The molecular weight excluding hydrogens is 490 g/mol. The molecule has 2 N–H and O–H groups in total. The number of fused-ring (bicyclic) bond motifs is 1. The van der Waals surface area contributed by atoms with Gasteiger partial charge in [-0.2, -0.15) is 18.2 Å². The zero-order valence-electron chi connectivity index (χ0n) is 18.9. The molecule has 0 radical (unpaired) electrons. The summed E-state index contributed by atoms with van der Waals surface area (Å²) in [6, 6.07) is 7.79. The fourth-order valence-electron chi connectivity index (χ4n) is 3.30. The molecule has 2 heterocycles. The van der Waals surface area contributed by atoms with Gasteiger partial charge in [-0.05, 0) is 55.3 Å². The number of benzene rings is 2. The summed E-state index contributed by atoms with van der Waals surface area (Å²) in [7, 11) is 1.54. The molecule has 14 heteroatoms. The third-order valence-electron chi connectivity index (χ3n) is 4.89. The van der Waals surface area contributed by atoms with Crippen molar-refractivity contribution in [2.75, 3.05) is 17.7 Å². The monoisotopic (exact) mass is 507 g/mol. The summed E-state index contributed by atoms with van der Waals surface area (Å²) in [5, 5.41) is 5.60. The molecule has 0 fully saturated rings. The van der Waals surface area contributed by atoms with Gasteiger partial charge < -0.3 is 24.6 Å². The van der Waals surface area contributed by atoms with Gasteiger partial charge >= 0.3 is 17.9 Å². The van der Waals surface area contributed by atoms with Crippen LogP contribution in [0.15, 0.2) is 45.7 Å². The number of hydrogen-bond acceptors (Lipinski definition) is 9. The number of oxazole rings is 1. The molecule has 0 spiro atoms. The molecule has 0 saturated heterocycles. The number of methoxy groups -OCH3 is 1. The summed E-state index contributed by atoms with van der Waals surface area (Å²) < 4.78 is 62.5. The van der Waals surface area contributed by atoms with E-state index in [0.29, 0.717) is 11.4 Å². The van der Waals surface area contributed by atoms with Gasteiger partial charge in [-0.3, -0.25) is 0 Å². The Morgan fingerprint density at radius 3 is 2.47 bits per heavy atom. The second-order valence-corrected chi connectivity index (χ2v) is 7.50. The van der Waals surface area contributed by atoms with Crippen LogP contribution in [0.5, 0.6) is 5.75 Å². The lowest BCUT2D eigenvalue weighted by molar-refractivity contribution is -0.200. The van der Waals surface area contributed by atoms with Crippen molar-refractivity contribution < 1.29 is 36.3 Å². The van der Waals surface area contributed by atoms with Crippen molar-refractivity contribution in [3.8, 4) is 5.75 Å². The Kier molecular flexibility index (Phi) is 6.26. The van der Waals surface area contributed by atoms with E-state index in [9.17, 15) is 27.2 Å². The summed E-state index contributed by atoms with van der Waals surface area (Å²) in [5.74, 6) is -4.36. The zero-order valence-corrected chi connectivity index (χ0v) is 18.9. The van der Waals surface area contributed by atoms with Gasteiger partial charge in [-0.25, -0.2) is 19.0 Å². The van der Waals surface area contributed by atoms with E-state index >= 15 is 0 Å². The summed E-state index contributed by atoms with van der Waals surface area (Å²) in [5.41, 5.74) is 1.43. The van der Waals surface area contributed by atoms with Gasteiger partial charge in [0, 0.05) is 11.4 Å². The largest absolute Gasteiger partial charge is 0.496 e. The molecule has 0 unspecified atom stereocenters. The number of nitrogens with one attached hydrogen (secondary N) is 2. The minimum atomic E-state index is -5.34. The maximum atomic E-state index is 14.5. The molecule has 0 saturated carbocycles. The highest BCUT2D eigenvalue weighted by molar-refractivity contribution is 5.83. The lowest BCUT2D eigenvalue weighted by Crippen LogP contribution is -2.36. The number of alkyl halides is 3. The van der Waals surface area contributed by atoms with Gasteiger partial charge in [-0.1, -0.05) is 4.73 Å². The zero-order chi connectivity index (χ0) is 26.2. The minimum Gasteiger partial charge on any atom is -0.496 e. The first-order valence-corrected chi connectivity index (χ1v) is 10.1. The van der Waals surface area contributed by atoms with Crippen molar-refractivity contribution in [1.29, 1.82) is 0 Å². The van der Waals surface area contributed by atoms with E-state index < -0.39 is 23.7 Å². The molecule has 0 aliphatic rings. The molecule has 2 aromatic carbocycles. The highest BCUT2D eigenvalue weighted by Gasteiger charge is 2.42. The van der Waals surface area contributed by atoms with Crippen LogP contribution in [0.1, 0.15) is 11.1 Å². The number of halogens is 4. The number of aromatic nitrogens is 3. The number of aryl methyl sites for hydroxylation is 2. The Bertz CT molecular complexity index is 1530. The van der Waals surface area contributed by atoms with Crippen LogP contribution < -0.4 is 26.0 Å². The fraction of sp³-hybridized carbons (Fsp3) is 0.182. The number of rotatable bonds is 6. The predicted octanol–water partition coefficient (Wildman–Crippen LogP) is 4.15. The van der Waals surface area contributed by atoms with Crippen LogP contribution in [0.3, 0.4) is 0 Å². The summed E-state index contributed by atoms with van der Waals surface area (Å²) in [6.45, 7) is 3.32. The quantitative estimate of drug-likeness (QED) is 0.371. The molecule has 0 amide bonds. The van der Waals surface area contributed by atoms with Crippen molar-refractivity contribution >= 4 is 40.2 Å². The molecule has 36 heavy (non-hydrogen) atoms. The van der Waals surface area contributed by atoms with Crippen LogP contribution in [0.4, 0.5) is 40.7 Å². The third-order valence-corrected chi connectivity index (χ3v) is 4.89. The van der Waals surface area contributed by atoms with E-state index in [1.165, 1.54) is 13.0 Å². The van der Waals surface area contributed by atoms with Crippen LogP contribution in [-0.4, -0.2) is 34.0 Å². The fourth-order valence-corrected chi connectivity index (χ4v) is 3.30. The predicted molar refractivity (Wildman–Crippen MR) is 119 cm³/mol. The van der Waals surface area contributed by atoms with Crippen molar-refractivity contribution in [3.63, 3.8) is 0 Å². The van der Waals surface area contributed by atoms with Crippen molar-refractivity contribution in [2.45, 2.75) is 20.0 Å². The minimum absolute atomic E-state index is 0.0422. The highest BCUT2D eigenvalue weighted by Crippen LogP contribution is 2.28. The van der Waals surface area contributed by atoms with Crippen LogP contribution in [0, 0.1) is 19.7 Å². The normalized spacial score (nSPS) is 11.4. The van der Waals surface area contributed by atoms with Gasteiger partial charge in [0.2, 0.25) is 5.95 Å². The molecule has 0 bridgehead atoms. The van der Waals surface area contributed by atoms with Crippen molar-refractivity contribution in [1.82, 2.24) is 14.7 Å². The molecule has 0 atom stereocenters. The lowest BCUT2D eigenvalue weighted by atomic mass is 10.2. The van der Waals surface area contributed by atoms with E-state index in [4.69, 9.17) is 9.15 Å². The Morgan fingerprint density at radius 2 is 1.81 bits per heavy atom. The Morgan fingerprint density at radius 1 is 1.08 bits per heavy atom. The molecule has 0 aliphatic carbocycles. The third kappa shape index (κ3) is 4.92. The standard InChI is InChI=1S/C22H17F4N5O5/c1-10-6-12(4-5-16(10)34-3)29-20-27-9-14(23)18(30-20)28-13-7-11(2)17-15(8-13)31(21(33)35-17)36-19(32)22(24,25)26/h4-9H,1-3H3,(H2,27,28,29,30). The summed E-state index contributed by atoms with van der Waals surface area (Å²) >= 11 is 0. The Balaban J connectivity index is 1.65. The van der Waals surface area contributed by atoms with E-state index in [1.54, 1.807) is 25.3 Å². The molecule has 188 valence electrons. The SMILES string of the molecule is COc1ccc(Nc2ncc(F)c(Nc3cc(C)c4oc(=O)n(OC(=O)C(F)(F)F)c4c3)n2)cc1C. The molecule has 10 nitrogen and oxygen atoms in total. The van der Waals surface area contributed by atoms with Gasteiger partial charge in [0.15, 0.2) is 17.2 Å². The molecule has 0 aliphatic heterocycles. The van der Waals surface area contributed by atoms with Crippen molar-refractivity contribution in [3.05, 3.63) is 64.0 Å². The van der Waals surface area contributed by atoms with E-state index in [2.05, 4.69) is 25.4 Å². The number of nitrogens with zero attached hydrogens (tertiary/aromatic N) is 3. The van der Waals surface area contributed by atoms with Gasteiger partial charge in [0.1, 0.15) is 11.3 Å². The van der Waals surface area contributed by atoms with Gasteiger partial charge in [-0.15, -0.1) is 0 Å². The van der Waals surface area contributed by atoms with Gasteiger partial charge in [0.05, 0.1) is 13.3 Å². The number of ether oxygens (including phenoxy) is 1. The van der Waals surface area contributed by atoms with Crippen LogP contribution in [-0.2, 0) is 4.79 Å². The highest BCUT2D eigenvalue weighted by atomic mass is 19.4. The molecule has 2 aromatic heterocycles. The first-order chi connectivity index (χ1) is 17.0.